The van der Waals surface area contributed by atoms with Crippen LogP contribution >= 0.6 is 23.2 Å². The van der Waals surface area contributed by atoms with E-state index in [2.05, 4.69) is 5.32 Å². The van der Waals surface area contributed by atoms with E-state index < -0.39 is 15.9 Å². The van der Waals surface area contributed by atoms with Crippen molar-refractivity contribution in [2.75, 3.05) is 6.54 Å². The maximum Gasteiger partial charge on any atom is 0.264 e. The first-order valence-corrected chi connectivity index (χ1v) is 11.4. The second kappa shape index (κ2) is 9.96. The van der Waals surface area contributed by atoms with Gasteiger partial charge in [0.2, 0.25) is 0 Å². The predicted molar refractivity (Wildman–Crippen MR) is 120 cm³/mol. The van der Waals surface area contributed by atoms with E-state index in [1.807, 2.05) is 4.72 Å². The molecule has 0 saturated heterocycles. The predicted octanol–water partition coefficient (Wildman–Crippen LogP) is 4.08. The average Bonchev–Trinajstić information content (AvgIpc) is 2.74. The van der Waals surface area contributed by atoms with Crippen LogP contribution in [0.15, 0.2) is 77.7 Å². The van der Waals surface area contributed by atoms with E-state index in [-0.39, 0.29) is 16.4 Å². The summed E-state index contributed by atoms with van der Waals surface area (Å²) in [5.74, 6) is -0.966. The molecule has 0 saturated carbocycles. The molecule has 0 heterocycles. The molecule has 31 heavy (non-hydrogen) atoms. The first-order chi connectivity index (χ1) is 14.7. The van der Waals surface area contributed by atoms with Crippen LogP contribution in [0.4, 0.5) is 0 Å². The van der Waals surface area contributed by atoms with Crippen LogP contribution < -0.4 is 10.0 Å². The van der Waals surface area contributed by atoms with E-state index in [0.717, 1.165) is 5.56 Å². The molecule has 0 radical (unpaired) electrons. The van der Waals surface area contributed by atoms with E-state index in [1.165, 1.54) is 36.4 Å². The summed E-state index contributed by atoms with van der Waals surface area (Å²) >= 11 is 11.6. The van der Waals surface area contributed by atoms with Gasteiger partial charge in [-0.25, -0.2) is 13.1 Å². The molecule has 9 heteroatoms. The fourth-order valence-corrected chi connectivity index (χ4v) is 3.93. The van der Waals surface area contributed by atoms with Crippen LogP contribution in [0.5, 0.6) is 0 Å². The maximum absolute atomic E-state index is 12.5. The van der Waals surface area contributed by atoms with Gasteiger partial charge < -0.3 is 5.32 Å². The molecule has 0 bridgehead atoms. The summed E-state index contributed by atoms with van der Waals surface area (Å²) in [4.78, 5) is 24.2. The summed E-state index contributed by atoms with van der Waals surface area (Å²) in [5.41, 5.74) is 1.52. The highest BCUT2D eigenvalue weighted by Crippen LogP contribution is 2.14. The lowest BCUT2D eigenvalue weighted by molar-refractivity contribution is 0.0951. The Bertz CT molecular complexity index is 1180. The zero-order chi connectivity index (χ0) is 22.4. The minimum atomic E-state index is -4.02. The highest BCUT2D eigenvalue weighted by Gasteiger charge is 2.18. The maximum atomic E-state index is 12.5. The summed E-state index contributed by atoms with van der Waals surface area (Å²) in [7, 11) is -4.02. The Morgan fingerprint density at radius 1 is 0.710 bits per heavy atom. The molecule has 0 spiro atoms. The van der Waals surface area contributed by atoms with Crippen LogP contribution in [0.3, 0.4) is 0 Å². The van der Waals surface area contributed by atoms with Gasteiger partial charge in [0.05, 0.1) is 4.90 Å². The van der Waals surface area contributed by atoms with Crippen molar-refractivity contribution in [3.05, 3.63) is 99.5 Å². The lowest BCUT2D eigenvalue weighted by atomic mass is 10.1. The molecule has 0 aliphatic carbocycles. The number of nitrogens with one attached hydrogen (secondary N) is 2. The van der Waals surface area contributed by atoms with Gasteiger partial charge in [0.1, 0.15) is 0 Å². The van der Waals surface area contributed by atoms with Gasteiger partial charge in [0, 0.05) is 27.7 Å². The molecule has 0 aromatic heterocycles. The molecule has 2 N–H and O–H groups in total. The number of benzene rings is 3. The zero-order valence-corrected chi connectivity index (χ0v) is 18.5. The molecule has 2 amide bonds. The van der Waals surface area contributed by atoms with Crippen molar-refractivity contribution in [2.24, 2.45) is 0 Å². The third-order valence-electron chi connectivity index (χ3n) is 4.37. The Morgan fingerprint density at radius 2 is 1.19 bits per heavy atom. The molecule has 3 rings (SSSR count). The van der Waals surface area contributed by atoms with Crippen molar-refractivity contribution in [2.45, 2.75) is 11.3 Å². The first-order valence-electron chi connectivity index (χ1n) is 9.20. The highest BCUT2D eigenvalue weighted by atomic mass is 35.5. The van der Waals surface area contributed by atoms with E-state index >= 15 is 0 Å². The Labute approximate surface area is 190 Å². The van der Waals surface area contributed by atoms with Gasteiger partial charge in [0.15, 0.2) is 0 Å². The van der Waals surface area contributed by atoms with E-state index in [0.29, 0.717) is 28.6 Å². The van der Waals surface area contributed by atoms with Crippen LogP contribution in [0.2, 0.25) is 10.0 Å². The Balaban J connectivity index is 1.56. The van der Waals surface area contributed by atoms with Crippen LogP contribution in [-0.4, -0.2) is 26.8 Å². The normalized spacial score (nSPS) is 11.0. The van der Waals surface area contributed by atoms with Gasteiger partial charge in [-0.1, -0.05) is 35.3 Å². The third kappa shape index (κ3) is 6.30. The van der Waals surface area contributed by atoms with Crippen molar-refractivity contribution in [3.8, 4) is 0 Å². The van der Waals surface area contributed by atoms with Crippen molar-refractivity contribution >= 4 is 45.0 Å². The quantitative estimate of drug-likeness (QED) is 0.537. The molecular formula is C22H18Cl2N2O4S. The number of hydrogen-bond acceptors (Lipinski definition) is 4. The Morgan fingerprint density at radius 3 is 1.71 bits per heavy atom. The standard InChI is InChI=1S/C22H18Cl2N2O4S/c23-18-7-3-16(4-8-18)21(27)25-14-13-15-1-11-20(12-2-15)31(29,30)26-22(28)17-5-9-19(24)10-6-17/h1-12H,13-14H2,(H,25,27)(H,26,28). The summed E-state index contributed by atoms with van der Waals surface area (Å²) in [6, 6.07) is 18.5. The Hall–Kier alpha value is -2.87. The smallest absolute Gasteiger partial charge is 0.264 e. The molecule has 0 aliphatic heterocycles. The summed E-state index contributed by atoms with van der Waals surface area (Å²) < 4.78 is 26.9. The number of rotatable bonds is 7. The van der Waals surface area contributed by atoms with E-state index in [4.69, 9.17) is 23.2 Å². The second-order valence-electron chi connectivity index (χ2n) is 6.60. The lowest BCUT2D eigenvalue weighted by Crippen LogP contribution is -2.30. The van der Waals surface area contributed by atoms with Gasteiger partial charge in [-0.3, -0.25) is 9.59 Å². The average molecular weight is 477 g/mol. The number of halogens is 2. The minimum absolute atomic E-state index is 0.0382. The van der Waals surface area contributed by atoms with Gasteiger partial charge >= 0.3 is 0 Å². The lowest BCUT2D eigenvalue weighted by Gasteiger charge is -2.09. The summed E-state index contributed by atoms with van der Waals surface area (Å²) in [6.07, 6.45) is 0.511. The fraction of sp³-hybridized carbons (Fsp3) is 0.0909. The third-order valence-corrected chi connectivity index (χ3v) is 6.22. The van der Waals surface area contributed by atoms with Crippen LogP contribution in [0.1, 0.15) is 26.3 Å². The molecule has 3 aromatic carbocycles. The van der Waals surface area contributed by atoms with Gasteiger partial charge in [0.25, 0.3) is 21.8 Å². The monoisotopic (exact) mass is 476 g/mol. The zero-order valence-electron chi connectivity index (χ0n) is 16.1. The Kier molecular flexibility index (Phi) is 7.33. The highest BCUT2D eigenvalue weighted by molar-refractivity contribution is 7.90. The van der Waals surface area contributed by atoms with Crippen molar-refractivity contribution in [1.29, 1.82) is 0 Å². The largest absolute Gasteiger partial charge is 0.352 e. The second-order valence-corrected chi connectivity index (χ2v) is 9.15. The molecule has 3 aromatic rings. The van der Waals surface area contributed by atoms with Crippen LogP contribution in [-0.2, 0) is 16.4 Å². The summed E-state index contributed by atoms with van der Waals surface area (Å²) in [5, 5.41) is 3.79. The van der Waals surface area contributed by atoms with Gasteiger partial charge in [-0.15, -0.1) is 0 Å². The van der Waals surface area contributed by atoms with Gasteiger partial charge in [-0.2, -0.15) is 0 Å². The van der Waals surface area contributed by atoms with Crippen LogP contribution in [0, 0.1) is 0 Å². The van der Waals surface area contributed by atoms with E-state index in [1.54, 1.807) is 36.4 Å². The molecule has 0 aliphatic rings. The van der Waals surface area contributed by atoms with Crippen molar-refractivity contribution < 1.29 is 18.0 Å². The molecular weight excluding hydrogens is 459 g/mol. The summed E-state index contributed by atoms with van der Waals surface area (Å²) in [6.45, 7) is 0.376. The number of sulfonamides is 1. The van der Waals surface area contributed by atoms with E-state index in [9.17, 15) is 18.0 Å². The SMILES string of the molecule is O=C(NCCc1ccc(S(=O)(=O)NC(=O)c2ccc(Cl)cc2)cc1)c1ccc(Cl)cc1. The molecule has 0 atom stereocenters. The number of hydrogen-bond donors (Lipinski definition) is 2. The number of carbonyl (C=O) groups is 2. The molecule has 0 unspecified atom stereocenters. The molecule has 160 valence electrons. The van der Waals surface area contributed by atoms with Crippen LogP contribution in [0.25, 0.3) is 0 Å². The van der Waals surface area contributed by atoms with Gasteiger partial charge in [-0.05, 0) is 72.6 Å². The molecule has 6 nitrogen and oxygen atoms in total. The topological polar surface area (TPSA) is 92.3 Å². The fourth-order valence-electron chi connectivity index (χ4n) is 2.70. The van der Waals surface area contributed by atoms with Crippen molar-refractivity contribution in [1.82, 2.24) is 10.0 Å². The first kappa shape index (κ1) is 22.8. The molecule has 0 fully saturated rings. The minimum Gasteiger partial charge on any atom is -0.352 e. The van der Waals surface area contributed by atoms with Crippen molar-refractivity contribution in [3.63, 3.8) is 0 Å². The number of amides is 2. The number of carbonyl (C=O) groups excluding carboxylic acids is 2.